The fourth-order valence-corrected chi connectivity index (χ4v) is 5.17. The molecule has 0 fully saturated rings. The maximum atomic E-state index is 15.4. The predicted octanol–water partition coefficient (Wildman–Crippen LogP) is 5.43. The van der Waals surface area contributed by atoms with Gasteiger partial charge in [-0.05, 0) is 71.8 Å². The van der Waals surface area contributed by atoms with E-state index >= 15 is 4.39 Å². The van der Waals surface area contributed by atoms with Gasteiger partial charge in [0.1, 0.15) is 18.7 Å². The van der Waals surface area contributed by atoms with Gasteiger partial charge in [-0.15, -0.1) is 0 Å². The number of nitrogens with zero attached hydrogens (tertiary/aromatic N) is 1. The van der Waals surface area contributed by atoms with Crippen molar-refractivity contribution in [3.8, 4) is 34.1 Å². The number of nitrogens with one attached hydrogen (secondary N) is 1. The van der Waals surface area contributed by atoms with Crippen LogP contribution in [0.5, 0.6) is 11.5 Å². The molecule has 0 saturated carbocycles. The summed E-state index contributed by atoms with van der Waals surface area (Å²) < 4.78 is 32.8. The van der Waals surface area contributed by atoms with Gasteiger partial charge < -0.3 is 24.3 Å². The van der Waals surface area contributed by atoms with Gasteiger partial charge in [0.25, 0.3) is 0 Å². The first-order chi connectivity index (χ1) is 17.5. The highest BCUT2D eigenvalue weighted by molar-refractivity contribution is 5.82. The van der Waals surface area contributed by atoms with Gasteiger partial charge in [0.15, 0.2) is 22.9 Å². The lowest BCUT2D eigenvalue weighted by atomic mass is 9.96. The lowest BCUT2D eigenvalue weighted by Gasteiger charge is -2.19. The second-order valence-corrected chi connectivity index (χ2v) is 9.15. The Balaban J connectivity index is 1.36. The quantitative estimate of drug-likeness (QED) is 0.374. The number of carboxylic acid groups (broad SMARTS) is 1. The van der Waals surface area contributed by atoms with Gasteiger partial charge in [0.05, 0.1) is 6.42 Å². The zero-order chi connectivity index (χ0) is 24.8. The van der Waals surface area contributed by atoms with Gasteiger partial charge >= 0.3 is 5.97 Å². The number of hydrogen-bond acceptors (Lipinski definition) is 6. The number of hydrogen-bond donors (Lipinski definition) is 2. The second-order valence-electron chi connectivity index (χ2n) is 9.15. The van der Waals surface area contributed by atoms with E-state index in [1.165, 1.54) is 0 Å². The predicted molar refractivity (Wildman–Crippen MR) is 132 cm³/mol. The first-order valence-corrected chi connectivity index (χ1v) is 12.1. The molecule has 0 bridgehead atoms. The van der Waals surface area contributed by atoms with Crippen molar-refractivity contribution in [3.63, 3.8) is 0 Å². The summed E-state index contributed by atoms with van der Waals surface area (Å²) >= 11 is 0. The Bertz CT molecular complexity index is 1500. The number of rotatable bonds is 6. The van der Waals surface area contributed by atoms with Gasteiger partial charge in [0, 0.05) is 18.2 Å². The molecule has 3 aromatic carbocycles. The van der Waals surface area contributed by atoms with Crippen LogP contribution in [-0.2, 0) is 11.2 Å². The third-order valence-electron chi connectivity index (χ3n) is 6.96. The molecule has 0 amide bonds. The van der Waals surface area contributed by atoms with Crippen LogP contribution in [-0.4, -0.2) is 35.8 Å². The highest BCUT2D eigenvalue weighted by Crippen LogP contribution is 2.40. The first kappa shape index (κ1) is 22.5. The van der Waals surface area contributed by atoms with Crippen LogP contribution >= 0.6 is 0 Å². The molecule has 1 aliphatic heterocycles. The van der Waals surface area contributed by atoms with Gasteiger partial charge in [-0.2, -0.15) is 0 Å². The zero-order valence-corrected chi connectivity index (χ0v) is 19.8. The summed E-state index contributed by atoms with van der Waals surface area (Å²) in [5.41, 5.74) is 5.77. The molecule has 2 aliphatic rings. The minimum absolute atomic E-state index is 0.0175. The Hall–Kier alpha value is -3.91. The summed E-state index contributed by atoms with van der Waals surface area (Å²) in [6.07, 6.45) is 1.29. The smallest absolute Gasteiger partial charge is 0.304 e. The molecule has 7 nitrogen and oxygen atoms in total. The number of aliphatic carboxylic acids is 1. The number of carboxylic acids is 1. The number of fused-ring (bicyclic) bond motifs is 3. The number of halogens is 1. The van der Waals surface area contributed by atoms with Crippen molar-refractivity contribution in [2.75, 3.05) is 19.8 Å². The molecule has 8 heteroatoms. The van der Waals surface area contributed by atoms with Crippen molar-refractivity contribution < 1.29 is 28.2 Å². The van der Waals surface area contributed by atoms with Crippen molar-refractivity contribution in [1.82, 2.24) is 10.3 Å². The maximum absolute atomic E-state index is 15.4. The number of aromatic nitrogens is 1. The van der Waals surface area contributed by atoms with Crippen molar-refractivity contribution >= 4 is 17.1 Å². The standard InChI is InChI=1S/C28H25FN2O5/c1-15-17(16-5-8-23-24(13-16)35-12-11-34-23)3-2-4-18(15)28-31-22-14-20-19(26(29)27(22)36-28)6-7-21(20)30-10-9-25(32)33/h2-5,8,13-14,21,30H,6-7,9-12H2,1H3,(H,32,33)/t21-/m1/s1. The molecule has 0 unspecified atom stereocenters. The minimum Gasteiger partial charge on any atom is -0.486 e. The van der Waals surface area contributed by atoms with Crippen LogP contribution in [0.15, 0.2) is 46.9 Å². The molecule has 2 heterocycles. The molecule has 184 valence electrons. The van der Waals surface area contributed by atoms with Crippen LogP contribution in [0.2, 0.25) is 0 Å². The third-order valence-corrected chi connectivity index (χ3v) is 6.96. The summed E-state index contributed by atoms with van der Waals surface area (Å²) in [6.45, 7) is 3.38. The van der Waals surface area contributed by atoms with E-state index in [4.69, 9.17) is 19.0 Å². The second kappa shape index (κ2) is 8.95. The summed E-state index contributed by atoms with van der Waals surface area (Å²) in [6, 6.07) is 13.5. The molecule has 2 N–H and O–H groups in total. The summed E-state index contributed by atoms with van der Waals surface area (Å²) in [5.74, 6) is 0.562. The largest absolute Gasteiger partial charge is 0.486 e. The van der Waals surface area contributed by atoms with Crippen LogP contribution in [0.4, 0.5) is 4.39 Å². The summed E-state index contributed by atoms with van der Waals surface area (Å²) in [7, 11) is 0. The molecule has 0 saturated heterocycles. The fourth-order valence-electron chi connectivity index (χ4n) is 5.17. The number of carbonyl (C=O) groups is 1. The highest BCUT2D eigenvalue weighted by Gasteiger charge is 2.29. The molecule has 0 radical (unpaired) electrons. The van der Waals surface area contributed by atoms with Crippen LogP contribution in [0.25, 0.3) is 33.7 Å². The van der Waals surface area contributed by atoms with Crippen molar-refractivity contribution in [1.29, 1.82) is 0 Å². The van der Waals surface area contributed by atoms with E-state index in [2.05, 4.69) is 10.3 Å². The van der Waals surface area contributed by atoms with Crippen LogP contribution in [0.1, 0.15) is 35.6 Å². The number of ether oxygens (including phenoxy) is 2. The Kier molecular flexibility index (Phi) is 5.60. The van der Waals surface area contributed by atoms with Crippen molar-refractivity contribution in [3.05, 3.63) is 65.0 Å². The Morgan fingerprint density at radius 2 is 1.94 bits per heavy atom. The lowest BCUT2D eigenvalue weighted by molar-refractivity contribution is -0.136. The zero-order valence-electron chi connectivity index (χ0n) is 19.8. The van der Waals surface area contributed by atoms with Crippen molar-refractivity contribution in [2.45, 2.75) is 32.2 Å². The molecule has 1 atom stereocenters. The van der Waals surface area contributed by atoms with Crippen LogP contribution in [0.3, 0.4) is 0 Å². The van der Waals surface area contributed by atoms with Gasteiger partial charge in [-0.3, -0.25) is 4.79 Å². The Morgan fingerprint density at radius 3 is 2.78 bits per heavy atom. The van der Waals surface area contributed by atoms with E-state index in [1.807, 2.05) is 49.4 Å². The first-order valence-electron chi connectivity index (χ1n) is 12.1. The number of benzene rings is 3. The maximum Gasteiger partial charge on any atom is 0.304 e. The molecular formula is C28H25FN2O5. The van der Waals surface area contributed by atoms with Gasteiger partial charge in [-0.1, -0.05) is 18.2 Å². The minimum atomic E-state index is -0.864. The molecular weight excluding hydrogens is 463 g/mol. The monoisotopic (exact) mass is 488 g/mol. The fraction of sp³-hybridized carbons (Fsp3) is 0.286. The van der Waals surface area contributed by atoms with E-state index < -0.39 is 5.97 Å². The normalized spacial score (nSPS) is 16.3. The van der Waals surface area contributed by atoms with E-state index in [-0.39, 0.29) is 23.9 Å². The van der Waals surface area contributed by atoms with E-state index in [0.29, 0.717) is 55.3 Å². The Labute approximate surface area is 206 Å². The average Bonchev–Trinajstić information content (AvgIpc) is 3.49. The molecule has 36 heavy (non-hydrogen) atoms. The van der Waals surface area contributed by atoms with Gasteiger partial charge in [0.2, 0.25) is 5.89 Å². The molecule has 6 rings (SSSR count). The van der Waals surface area contributed by atoms with E-state index in [1.54, 1.807) is 0 Å². The van der Waals surface area contributed by atoms with Crippen LogP contribution in [0, 0.1) is 12.7 Å². The van der Waals surface area contributed by atoms with E-state index in [0.717, 1.165) is 33.6 Å². The highest BCUT2D eigenvalue weighted by atomic mass is 19.1. The molecule has 1 aliphatic carbocycles. The SMILES string of the molecule is Cc1c(-c2ccc3c(c2)OCCO3)cccc1-c1nc2cc3c(c(F)c2o1)CC[C@H]3NCCC(=O)O. The average molecular weight is 489 g/mol. The lowest BCUT2D eigenvalue weighted by Crippen LogP contribution is -2.22. The van der Waals surface area contributed by atoms with Crippen LogP contribution < -0.4 is 14.8 Å². The van der Waals surface area contributed by atoms with E-state index in [9.17, 15) is 4.79 Å². The van der Waals surface area contributed by atoms with Crippen molar-refractivity contribution in [2.24, 2.45) is 0 Å². The molecule has 4 aromatic rings. The number of oxazole rings is 1. The summed E-state index contributed by atoms with van der Waals surface area (Å²) in [5, 5.41) is 12.1. The van der Waals surface area contributed by atoms with Gasteiger partial charge in [-0.25, -0.2) is 9.37 Å². The topological polar surface area (TPSA) is 93.8 Å². The molecule has 1 aromatic heterocycles. The Morgan fingerprint density at radius 1 is 1.14 bits per heavy atom. The third kappa shape index (κ3) is 3.87. The molecule has 0 spiro atoms. The summed E-state index contributed by atoms with van der Waals surface area (Å²) in [4.78, 5) is 15.5.